The van der Waals surface area contributed by atoms with Crippen LogP contribution >= 0.6 is 0 Å². The lowest BCUT2D eigenvalue weighted by atomic mass is 9.72. The Hall–Kier alpha value is -1.19. The summed E-state index contributed by atoms with van der Waals surface area (Å²) in [5.41, 5.74) is 4.28. The number of rotatable bonds is 4. The smallest absolute Gasteiger partial charge is 0.0517 e. The van der Waals surface area contributed by atoms with Gasteiger partial charge in [0.05, 0.1) is 5.71 Å². The fourth-order valence-electron chi connectivity index (χ4n) is 5.24. The third-order valence-corrected chi connectivity index (χ3v) is 6.67. The van der Waals surface area contributed by atoms with Crippen molar-refractivity contribution in [3.05, 3.63) is 35.6 Å². The molecular weight excluding hydrogens is 294 g/mol. The highest BCUT2D eigenvalue weighted by molar-refractivity contribution is 6.07. The standard InChI is InChI=1S/C21H31N3/c1-3-24-13-9-17(10-14-24)21(20-5-4-12-23(20)2)18-7-6-16-8-11-22-19(16)15-18/h6-8,11,17,20-21H,3-5,9-10,12-15H2,1-2H3. The van der Waals surface area contributed by atoms with E-state index in [0.717, 1.165) is 24.3 Å². The van der Waals surface area contributed by atoms with E-state index < -0.39 is 0 Å². The first kappa shape index (κ1) is 16.3. The van der Waals surface area contributed by atoms with E-state index in [1.165, 1.54) is 63.1 Å². The van der Waals surface area contributed by atoms with Gasteiger partial charge < -0.3 is 9.80 Å². The van der Waals surface area contributed by atoms with E-state index in [1.54, 1.807) is 5.57 Å². The Labute approximate surface area is 146 Å². The molecule has 3 nitrogen and oxygen atoms in total. The van der Waals surface area contributed by atoms with Gasteiger partial charge in [-0.1, -0.05) is 24.6 Å². The Balaban J connectivity index is 1.57. The van der Waals surface area contributed by atoms with E-state index in [4.69, 9.17) is 0 Å². The van der Waals surface area contributed by atoms with Crippen molar-refractivity contribution >= 4 is 5.71 Å². The van der Waals surface area contributed by atoms with E-state index in [0.29, 0.717) is 0 Å². The van der Waals surface area contributed by atoms with Crippen LogP contribution < -0.4 is 0 Å². The molecule has 3 aliphatic heterocycles. The number of piperidine rings is 1. The van der Waals surface area contributed by atoms with Crippen molar-refractivity contribution in [2.75, 3.05) is 33.2 Å². The van der Waals surface area contributed by atoms with Gasteiger partial charge >= 0.3 is 0 Å². The lowest BCUT2D eigenvalue weighted by Crippen LogP contribution is -2.43. The molecule has 0 N–H and O–H groups in total. The van der Waals surface area contributed by atoms with E-state index in [9.17, 15) is 0 Å². The number of hydrogen-bond donors (Lipinski definition) is 0. The van der Waals surface area contributed by atoms with Gasteiger partial charge in [0.25, 0.3) is 0 Å². The second-order valence-corrected chi connectivity index (χ2v) is 7.92. The summed E-state index contributed by atoms with van der Waals surface area (Å²) in [6.45, 7) is 7.34. The largest absolute Gasteiger partial charge is 0.304 e. The quantitative estimate of drug-likeness (QED) is 0.785. The molecule has 24 heavy (non-hydrogen) atoms. The summed E-state index contributed by atoms with van der Waals surface area (Å²) in [6.07, 6.45) is 15.4. The number of nitrogens with zero attached hydrogens (tertiary/aromatic N) is 3. The van der Waals surface area contributed by atoms with Crippen LogP contribution in [0.1, 0.15) is 39.0 Å². The molecule has 0 spiro atoms. The summed E-state index contributed by atoms with van der Waals surface area (Å²) in [5, 5.41) is 0. The molecule has 130 valence electrons. The molecule has 2 fully saturated rings. The number of hydrogen-bond acceptors (Lipinski definition) is 3. The molecule has 0 aromatic heterocycles. The summed E-state index contributed by atoms with van der Waals surface area (Å²) >= 11 is 0. The second kappa shape index (κ2) is 6.97. The van der Waals surface area contributed by atoms with Crippen LogP contribution in [0.5, 0.6) is 0 Å². The summed E-state index contributed by atoms with van der Waals surface area (Å²) in [6, 6.07) is 0.735. The Morgan fingerprint density at radius 2 is 2.00 bits per heavy atom. The maximum atomic E-state index is 4.61. The maximum absolute atomic E-state index is 4.61. The minimum atomic E-state index is 0.720. The van der Waals surface area contributed by atoms with Crippen LogP contribution in [0, 0.1) is 11.8 Å². The van der Waals surface area contributed by atoms with E-state index >= 15 is 0 Å². The summed E-state index contributed by atoms with van der Waals surface area (Å²) < 4.78 is 0. The van der Waals surface area contributed by atoms with E-state index in [1.807, 2.05) is 6.20 Å². The molecule has 0 amide bonds. The molecule has 4 rings (SSSR count). The number of aliphatic imine (C=N–C) groups is 1. The molecule has 0 bridgehead atoms. The maximum Gasteiger partial charge on any atom is 0.0517 e. The summed E-state index contributed by atoms with van der Waals surface area (Å²) in [5.74, 6) is 1.56. The van der Waals surface area contributed by atoms with E-state index in [-0.39, 0.29) is 0 Å². The number of allylic oxidation sites excluding steroid dienone is 4. The zero-order valence-electron chi connectivity index (χ0n) is 15.2. The average molecular weight is 326 g/mol. The van der Waals surface area contributed by atoms with Crippen molar-refractivity contribution in [2.45, 2.75) is 45.1 Å². The highest BCUT2D eigenvalue weighted by Gasteiger charge is 2.38. The molecular formula is C21H31N3. The fourth-order valence-corrected chi connectivity index (χ4v) is 5.24. The zero-order chi connectivity index (χ0) is 16.5. The van der Waals surface area contributed by atoms with Gasteiger partial charge in [-0.25, -0.2) is 0 Å². The molecule has 0 saturated carbocycles. The Morgan fingerprint density at radius 3 is 2.71 bits per heavy atom. The highest BCUT2D eigenvalue weighted by Crippen LogP contribution is 2.41. The molecule has 2 atom stereocenters. The fraction of sp³-hybridized carbons (Fsp3) is 0.667. The minimum Gasteiger partial charge on any atom is -0.304 e. The Kier molecular flexibility index (Phi) is 4.73. The third-order valence-electron chi connectivity index (χ3n) is 6.67. The van der Waals surface area contributed by atoms with Crippen LogP contribution in [0.15, 0.2) is 40.6 Å². The minimum absolute atomic E-state index is 0.720. The van der Waals surface area contributed by atoms with Gasteiger partial charge in [-0.05, 0) is 82.4 Å². The van der Waals surface area contributed by atoms with Crippen LogP contribution in [0.25, 0.3) is 0 Å². The van der Waals surface area contributed by atoms with Crippen LogP contribution in [-0.4, -0.2) is 54.8 Å². The number of fused-ring (bicyclic) bond motifs is 1. The van der Waals surface area contributed by atoms with Crippen molar-refractivity contribution < 1.29 is 0 Å². The first-order valence-electron chi connectivity index (χ1n) is 9.83. The van der Waals surface area contributed by atoms with Crippen LogP contribution in [0.2, 0.25) is 0 Å². The predicted octanol–water partition coefficient (Wildman–Crippen LogP) is 3.65. The monoisotopic (exact) mass is 325 g/mol. The Morgan fingerprint density at radius 1 is 1.17 bits per heavy atom. The van der Waals surface area contributed by atoms with Crippen LogP contribution in [-0.2, 0) is 0 Å². The van der Waals surface area contributed by atoms with Gasteiger partial charge in [-0.2, -0.15) is 0 Å². The SMILES string of the molecule is CCN1CCC(C(C2=CC=C3C=CN=C3C2)C2CCCN2C)CC1. The first-order valence-corrected chi connectivity index (χ1v) is 9.83. The summed E-state index contributed by atoms with van der Waals surface area (Å²) in [4.78, 5) is 9.86. The molecule has 3 heterocycles. The van der Waals surface area contributed by atoms with Crippen molar-refractivity contribution in [1.82, 2.24) is 9.80 Å². The van der Waals surface area contributed by atoms with E-state index in [2.05, 4.69) is 47.0 Å². The molecule has 1 aliphatic carbocycles. The first-order chi connectivity index (χ1) is 11.8. The topological polar surface area (TPSA) is 18.8 Å². The molecule has 3 heteroatoms. The van der Waals surface area contributed by atoms with Crippen molar-refractivity contribution in [2.24, 2.45) is 16.8 Å². The van der Waals surface area contributed by atoms with Crippen LogP contribution in [0.3, 0.4) is 0 Å². The van der Waals surface area contributed by atoms with Gasteiger partial charge in [0, 0.05) is 18.7 Å². The molecule has 4 aliphatic rings. The van der Waals surface area contributed by atoms with Gasteiger partial charge in [0.15, 0.2) is 0 Å². The van der Waals surface area contributed by atoms with Gasteiger partial charge in [0.2, 0.25) is 0 Å². The normalized spacial score (nSPS) is 30.1. The molecule has 2 unspecified atom stereocenters. The third kappa shape index (κ3) is 3.04. The molecule has 2 saturated heterocycles. The average Bonchev–Trinajstić information content (AvgIpc) is 3.25. The second-order valence-electron chi connectivity index (χ2n) is 7.92. The predicted molar refractivity (Wildman–Crippen MR) is 101 cm³/mol. The highest BCUT2D eigenvalue weighted by atomic mass is 15.2. The molecule has 0 radical (unpaired) electrons. The lowest BCUT2D eigenvalue weighted by Gasteiger charge is -2.41. The zero-order valence-corrected chi connectivity index (χ0v) is 15.2. The molecule has 0 aromatic rings. The molecule has 0 aromatic carbocycles. The summed E-state index contributed by atoms with van der Waals surface area (Å²) in [7, 11) is 2.34. The van der Waals surface area contributed by atoms with Crippen LogP contribution in [0.4, 0.5) is 0 Å². The van der Waals surface area contributed by atoms with Gasteiger partial charge in [0.1, 0.15) is 0 Å². The lowest BCUT2D eigenvalue weighted by molar-refractivity contribution is 0.120. The van der Waals surface area contributed by atoms with Gasteiger partial charge in [-0.15, -0.1) is 0 Å². The van der Waals surface area contributed by atoms with Gasteiger partial charge in [-0.3, -0.25) is 4.99 Å². The number of likely N-dealkylation sites (tertiary alicyclic amines) is 2. The van der Waals surface area contributed by atoms with Crippen molar-refractivity contribution in [1.29, 1.82) is 0 Å². The Bertz CT molecular complexity index is 590. The van der Waals surface area contributed by atoms with Crippen molar-refractivity contribution in [3.63, 3.8) is 0 Å². The van der Waals surface area contributed by atoms with Crippen molar-refractivity contribution in [3.8, 4) is 0 Å².